The number of carbonyl (C=O) groups excluding carboxylic acids is 1. The normalized spacial score (nSPS) is 24.0. The molecular weight excluding hydrogens is 384 g/mol. The van der Waals surface area contributed by atoms with Crippen LogP contribution in [0.1, 0.15) is 40.3 Å². The number of hydrogen-bond acceptors (Lipinski definition) is 4. The van der Waals surface area contributed by atoms with Crippen molar-refractivity contribution in [3.8, 4) is 0 Å². The summed E-state index contributed by atoms with van der Waals surface area (Å²) in [6.45, 7) is 8.58. The second kappa shape index (κ2) is 8.21. The Morgan fingerprint density at radius 1 is 1.00 bits per heavy atom. The molecule has 1 amide bonds. The van der Waals surface area contributed by atoms with Gasteiger partial charge in [0.05, 0.1) is 18.3 Å². The number of piperazine rings is 1. The minimum absolute atomic E-state index is 0.00998. The second-order valence-corrected chi connectivity index (χ2v) is 9.46. The van der Waals surface area contributed by atoms with Gasteiger partial charge in [-0.05, 0) is 50.9 Å². The van der Waals surface area contributed by atoms with Gasteiger partial charge >= 0.3 is 0 Å². The fourth-order valence-electron chi connectivity index (χ4n) is 5.20. The van der Waals surface area contributed by atoms with Crippen LogP contribution in [0.15, 0.2) is 47.6 Å². The lowest BCUT2D eigenvalue weighted by molar-refractivity contribution is -0.135. The molecule has 0 saturated carbocycles. The number of aryl methyl sites for hydroxylation is 3. The maximum absolute atomic E-state index is 13.5. The Morgan fingerprint density at radius 3 is 2.45 bits per heavy atom. The molecular formula is C26H32N4O. The number of hydrogen-bond donors (Lipinski definition) is 0. The fourth-order valence-corrected chi connectivity index (χ4v) is 5.20. The van der Waals surface area contributed by atoms with E-state index in [1.807, 2.05) is 5.01 Å². The van der Waals surface area contributed by atoms with Gasteiger partial charge in [0.25, 0.3) is 5.91 Å². The van der Waals surface area contributed by atoms with E-state index >= 15 is 0 Å². The highest BCUT2D eigenvalue weighted by Gasteiger charge is 2.44. The van der Waals surface area contributed by atoms with Crippen molar-refractivity contribution in [1.82, 2.24) is 14.8 Å². The molecule has 31 heavy (non-hydrogen) atoms. The van der Waals surface area contributed by atoms with Crippen molar-refractivity contribution in [2.24, 2.45) is 11.0 Å². The molecule has 3 aliphatic rings. The predicted octanol–water partition coefficient (Wildman–Crippen LogP) is 3.40. The Labute approximate surface area is 185 Å². The van der Waals surface area contributed by atoms with Crippen LogP contribution in [0.2, 0.25) is 0 Å². The summed E-state index contributed by atoms with van der Waals surface area (Å²) in [4.78, 5) is 18.1. The van der Waals surface area contributed by atoms with E-state index in [-0.39, 0.29) is 17.9 Å². The third kappa shape index (κ3) is 3.92. The minimum atomic E-state index is -0.00998. The number of carbonyl (C=O) groups is 1. The lowest BCUT2D eigenvalue weighted by Crippen LogP contribution is -2.48. The lowest BCUT2D eigenvalue weighted by atomic mass is 9.77. The summed E-state index contributed by atoms with van der Waals surface area (Å²) in [5.74, 6) is 0.375. The molecule has 0 unspecified atom stereocenters. The Morgan fingerprint density at radius 2 is 1.71 bits per heavy atom. The molecule has 0 bridgehead atoms. The SMILES string of the molecule is Cc1ccc([C@H]2[C@@H]3CCc4ccc(C)cc4C3=NN2C(=O)CN2CCN(C)CC2)cc1. The van der Waals surface area contributed by atoms with Gasteiger partial charge in [0.2, 0.25) is 0 Å². The monoisotopic (exact) mass is 416 g/mol. The largest absolute Gasteiger partial charge is 0.304 e. The summed E-state index contributed by atoms with van der Waals surface area (Å²) in [5.41, 5.74) is 7.37. The van der Waals surface area contributed by atoms with Crippen molar-refractivity contribution in [2.75, 3.05) is 39.8 Å². The summed E-state index contributed by atoms with van der Waals surface area (Å²) >= 11 is 0. The summed E-state index contributed by atoms with van der Waals surface area (Å²) < 4.78 is 0. The lowest BCUT2D eigenvalue weighted by Gasteiger charge is -2.34. The first-order chi connectivity index (χ1) is 15.0. The molecule has 2 aliphatic heterocycles. The van der Waals surface area contributed by atoms with Crippen molar-refractivity contribution in [3.05, 3.63) is 70.3 Å². The van der Waals surface area contributed by atoms with Gasteiger partial charge in [0.1, 0.15) is 0 Å². The summed E-state index contributed by atoms with van der Waals surface area (Å²) in [7, 11) is 2.14. The smallest absolute Gasteiger partial charge is 0.257 e. The van der Waals surface area contributed by atoms with Crippen molar-refractivity contribution in [2.45, 2.75) is 32.7 Å². The first-order valence-electron chi connectivity index (χ1n) is 11.5. The van der Waals surface area contributed by atoms with E-state index in [2.05, 4.69) is 73.2 Å². The summed E-state index contributed by atoms with van der Waals surface area (Å²) in [5, 5.41) is 6.84. The number of benzene rings is 2. The van der Waals surface area contributed by atoms with Crippen LogP contribution < -0.4 is 0 Å². The van der Waals surface area contributed by atoms with E-state index in [1.165, 1.54) is 27.8 Å². The van der Waals surface area contributed by atoms with E-state index < -0.39 is 0 Å². The molecule has 5 heteroatoms. The van der Waals surface area contributed by atoms with Crippen molar-refractivity contribution >= 4 is 11.6 Å². The molecule has 1 aliphatic carbocycles. The van der Waals surface area contributed by atoms with Crippen LogP contribution in [-0.2, 0) is 11.2 Å². The fraction of sp³-hybridized carbons (Fsp3) is 0.462. The standard InChI is InChI=1S/C26H32N4O/c1-18-4-8-21(9-5-18)26-22-11-10-20-7-6-19(2)16-23(20)25(22)27-30(26)24(31)17-29-14-12-28(3)13-15-29/h4-9,16,22,26H,10-15,17H2,1-3H3/t22-,26+/m1/s1. The van der Waals surface area contributed by atoms with E-state index in [1.54, 1.807) is 0 Å². The molecule has 2 aromatic carbocycles. The minimum Gasteiger partial charge on any atom is -0.304 e. The van der Waals surface area contributed by atoms with Crippen molar-refractivity contribution < 1.29 is 4.79 Å². The van der Waals surface area contributed by atoms with Crippen LogP contribution in [-0.4, -0.2) is 66.2 Å². The highest BCUT2D eigenvalue weighted by molar-refractivity contribution is 6.07. The maximum Gasteiger partial charge on any atom is 0.257 e. The molecule has 162 valence electrons. The van der Waals surface area contributed by atoms with Crippen LogP contribution in [0.3, 0.4) is 0 Å². The first-order valence-corrected chi connectivity index (χ1v) is 11.5. The van der Waals surface area contributed by atoms with Gasteiger partial charge < -0.3 is 4.90 Å². The highest BCUT2D eigenvalue weighted by Crippen LogP contribution is 2.43. The number of hydrazone groups is 1. The quantitative estimate of drug-likeness (QED) is 0.770. The number of likely N-dealkylation sites (N-methyl/N-ethyl adjacent to an activating group) is 1. The zero-order valence-corrected chi connectivity index (χ0v) is 18.8. The molecule has 2 aromatic rings. The van der Waals surface area contributed by atoms with Crippen LogP contribution in [0.4, 0.5) is 0 Å². The molecule has 0 aromatic heterocycles. The highest BCUT2D eigenvalue weighted by atomic mass is 16.2. The second-order valence-electron chi connectivity index (χ2n) is 9.46. The Kier molecular flexibility index (Phi) is 5.40. The van der Waals surface area contributed by atoms with Gasteiger partial charge in [0.15, 0.2) is 0 Å². The molecule has 5 nitrogen and oxygen atoms in total. The molecule has 0 spiro atoms. The van der Waals surface area contributed by atoms with Gasteiger partial charge in [-0.3, -0.25) is 9.69 Å². The van der Waals surface area contributed by atoms with E-state index in [0.29, 0.717) is 6.54 Å². The number of rotatable bonds is 3. The molecule has 1 fully saturated rings. The molecule has 0 radical (unpaired) electrons. The van der Waals surface area contributed by atoms with Gasteiger partial charge in [-0.2, -0.15) is 5.10 Å². The van der Waals surface area contributed by atoms with Gasteiger partial charge in [0, 0.05) is 37.7 Å². The Hall–Kier alpha value is -2.50. The zero-order chi connectivity index (χ0) is 21.5. The van der Waals surface area contributed by atoms with Crippen LogP contribution >= 0.6 is 0 Å². The van der Waals surface area contributed by atoms with Crippen LogP contribution in [0.25, 0.3) is 0 Å². The van der Waals surface area contributed by atoms with Gasteiger partial charge in [-0.15, -0.1) is 0 Å². The number of fused-ring (bicyclic) bond motifs is 3. The molecule has 0 N–H and O–H groups in total. The average Bonchev–Trinajstić information content (AvgIpc) is 3.16. The van der Waals surface area contributed by atoms with Crippen molar-refractivity contribution in [1.29, 1.82) is 0 Å². The van der Waals surface area contributed by atoms with E-state index in [4.69, 9.17) is 5.10 Å². The third-order valence-corrected chi connectivity index (χ3v) is 7.11. The molecule has 1 saturated heterocycles. The van der Waals surface area contributed by atoms with E-state index in [9.17, 15) is 4.79 Å². The van der Waals surface area contributed by atoms with Crippen LogP contribution in [0, 0.1) is 19.8 Å². The summed E-state index contributed by atoms with van der Waals surface area (Å²) in [6, 6.07) is 15.3. The summed E-state index contributed by atoms with van der Waals surface area (Å²) in [6.07, 6.45) is 2.08. The molecule has 2 atom stereocenters. The van der Waals surface area contributed by atoms with Crippen LogP contribution in [0.5, 0.6) is 0 Å². The number of nitrogens with zero attached hydrogens (tertiary/aromatic N) is 4. The molecule has 5 rings (SSSR count). The Balaban J connectivity index is 1.48. The van der Waals surface area contributed by atoms with E-state index in [0.717, 1.165) is 44.7 Å². The van der Waals surface area contributed by atoms with Gasteiger partial charge in [-0.25, -0.2) is 5.01 Å². The maximum atomic E-state index is 13.5. The zero-order valence-electron chi connectivity index (χ0n) is 18.8. The topological polar surface area (TPSA) is 39.2 Å². The average molecular weight is 417 g/mol. The van der Waals surface area contributed by atoms with Gasteiger partial charge in [-0.1, -0.05) is 47.5 Å². The first kappa shape index (κ1) is 20.4. The third-order valence-electron chi connectivity index (χ3n) is 7.11. The van der Waals surface area contributed by atoms with Crippen molar-refractivity contribution in [3.63, 3.8) is 0 Å². The molecule has 2 heterocycles. The Bertz CT molecular complexity index is 1000. The number of amides is 1. The predicted molar refractivity (Wildman–Crippen MR) is 124 cm³/mol.